The third-order valence-corrected chi connectivity index (χ3v) is 2.50. The molecule has 0 saturated carbocycles. The molecule has 1 heterocycles. The van der Waals surface area contributed by atoms with Gasteiger partial charge in [0.2, 0.25) is 11.4 Å². The van der Waals surface area contributed by atoms with Crippen LogP contribution in [-0.2, 0) is 0 Å². The fraction of sp³-hybridized carbons (Fsp3) is 0. The zero-order chi connectivity index (χ0) is 13.1. The van der Waals surface area contributed by atoms with E-state index in [4.69, 9.17) is 9.84 Å². The van der Waals surface area contributed by atoms with Crippen molar-refractivity contribution in [3.05, 3.63) is 40.1 Å². The van der Waals surface area contributed by atoms with Gasteiger partial charge in [0.25, 0.3) is 0 Å². The lowest BCUT2D eigenvalue weighted by Crippen LogP contribution is -2.14. The Kier molecular flexibility index (Phi) is 3.38. The molecule has 0 amide bonds. The standard InChI is InChI=1S/C10H6BrN3O4/c11-5-1-3-6(4-2-5)18-10(17)8-7(9(15)16)12-14-13-8/h1-4H,(H,15,16)(H,12,13,14). The first-order valence-electron chi connectivity index (χ1n) is 4.69. The SMILES string of the molecule is O=C(O)c1n[nH]nc1C(=O)Oc1ccc(Br)cc1. The molecule has 7 nitrogen and oxygen atoms in total. The predicted molar refractivity (Wildman–Crippen MR) is 62.4 cm³/mol. The van der Waals surface area contributed by atoms with Gasteiger partial charge < -0.3 is 9.84 Å². The lowest BCUT2D eigenvalue weighted by Gasteiger charge is -2.02. The number of nitrogens with one attached hydrogen (secondary N) is 1. The third-order valence-electron chi connectivity index (χ3n) is 1.97. The summed E-state index contributed by atoms with van der Waals surface area (Å²) in [7, 11) is 0. The lowest BCUT2D eigenvalue weighted by molar-refractivity contribution is 0.0661. The second kappa shape index (κ2) is 4.96. The summed E-state index contributed by atoms with van der Waals surface area (Å²) in [6, 6.07) is 6.48. The van der Waals surface area contributed by atoms with Crippen molar-refractivity contribution in [2.75, 3.05) is 0 Å². The first kappa shape index (κ1) is 12.2. The van der Waals surface area contributed by atoms with Gasteiger partial charge in [-0.3, -0.25) is 0 Å². The molecule has 0 unspecified atom stereocenters. The maximum Gasteiger partial charge on any atom is 0.366 e. The number of aromatic nitrogens is 3. The van der Waals surface area contributed by atoms with Crippen molar-refractivity contribution in [2.24, 2.45) is 0 Å². The van der Waals surface area contributed by atoms with Gasteiger partial charge in [0, 0.05) is 4.47 Å². The molecule has 2 N–H and O–H groups in total. The number of H-pyrrole nitrogens is 1. The molecule has 8 heteroatoms. The van der Waals surface area contributed by atoms with Gasteiger partial charge in [-0.25, -0.2) is 9.59 Å². The molecule has 1 aromatic heterocycles. The number of nitrogens with zero attached hydrogens (tertiary/aromatic N) is 2. The first-order chi connectivity index (χ1) is 8.58. The van der Waals surface area contributed by atoms with Gasteiger partial charge in [0.05, 0.1) is 0 Å². The minimum absolute atomic E-state index is 0.280. The molecule has 0 fully saturated rings. The average Bonchev–Trinajstić information content (AvgIpc) is 2.81. The highest BCUT2D eigenvalue weighted by atomic mass is 79.9. The van der Waals surface area contributed by atoms with E-state index in [-0.39, 0.29) is 11.4 Å². The lowest BCUT2D eigenvalue weighted by atomic mass is 10.3. The fourth-order valence-electron chi connectivity index (χ4n) is 1.18. The predicted octanol–water partition coefficient (Wildman–Crippen LogP) is 1.48. The summed E-state index contributed by atoms with van der Waals surface area (Å²) in [6.45, 7) is 0. The Labute approximate surface area is 109 Å². The van der Waals surface area contributed by atoms with E-state index in [2.05, 4.69) is 31.3 Å². The van der Waals surface area contributed by atoms with E-state index in [1.54, 1.807) is 24.3 Å². The molecule has 18 heavy (non-hydrogen) atoms. The van der Waals surface area contributed by atoms with Crippen molar-refractivity contribution in [2.45, 2.75) is 0 Å². The second-order valence-electron chi connectivity index (χ2n) is 3.17. The summed E-state index contributed by atoms with van der Waals surface area (Å²) >= 11 is 3.24. The van der Waals surface area contributed by atoms with E-state index in [0.717, 1.165) is 4.47 Å². The van der Waals surface area contributed by atoms with E-state index < -0.39 is 17.6 Å². The average molecular weight is 312 g/mol. The summed E-state index contributed by atoms with van der Waals surface area (Å²) in [5.41, 5.74) is -0.845. The van der Waals surface area contributed by atoms with Crippen LogP contribution in [0.5, 0.6) is 5.75 Å². The number of halogens is 1. The van der Waals surface area contributed by atoms with Gasteiger partial charge in [-0.05, 0) is 24.3 Å². The number of carboxylic acids is 1. The van der Waals surface area contributed by atoms with Crippen molar-refractivity contribution in [3.8, 4) is 5.75 Å². The number of rotatable bonds is 3. The molecule has 0 radical (unpaired) electrons. The van der Waals surface area contributed by atoms with Crippen molar-refractivity contribution in [1.82, 2.24) is 15.4 Å². The Balaban J connectivity index is 2.19. The van der Waals surface area contributed by atoms with Crippen LogP contribution in [0.15, 0.2) is 28.7 Å². The van der Waals surface area contributed by atoms with Crippen LogP contribution in [0.25, 0.3) is 0 Å². The molecule has 2 rings (SSSR count). The topological polar surface area (TPSA) is 105 Å². The molecule has 2 aromatic rings. The summed E-state index contributed by atoms with van der Waals surface area (Å²) in [5, 5.41) is 17.6. The van der Waals surface area contributed by atoms with E-state index >= 15 is 0 Å². The number of hydrogen-bond acceptors (Lipinski definition) is 5. The Morgan fingerprint density at radius 1 is 1.17 bits per heavy atom. The van der Waals surface area contributed by atoms with Gasteiger partial charge in [-0.15, -0.1) is 10.2 Å². The number of esters is 1. The van der Waals surface area contributed by atoms with Crippen LogP contribution < -0.4 is 4.74 Å². The van der Waals surface area contributed by atoms with Gasteiger partial charge in [-0.1, -0.05) is 15.9 Å². The summed E-state index contributed by atoms with van der Waals surface area (Å²) in [5.74, 6) is -1.96. The van der Waals surface area contributed by atoms with Crippen molar-refractivity contribution in [3.63, 3.8) is 0 Å². The number of carbonyl (C=O) groups excluding carboxylic acids is 1. The minimum Gasteiger partial charge on any atom is -0.476 e. The number of aromatic carboxylic acids is 1. The first-order valence-corrected chi connectivity index (χ1v) is 5.49. The van der Waals surface area contributed by atoms with Crippen molar-refractivity contribution >= 4 is 27.9 Å². The molecule has 92 valence electrons. The quantitative estimate of drug-likeness (QED) is 0.657. The van der Waals surface area contributed by atoms with Crippen LogP contribution in [0.1, 0.15) is 21.0 Å². The zero-order valence-electron chi connectivity index (χ0n) is 8.75. The maximum absolute atomic E-state index is 11.7. The Morgan fingerprint density at radius 2 is 1.78 bits per heavy atom. The summed E-state index contributed by atoms with van der Waals surface area (Å²) in [4.78, 5) is 22.4. The Bertz CT molecular complexity index is 593. The van der Waals surface area contributed by atoms with Crippen LogP contribution >= 0.6 is 15.9 Å². The highest BCUT2D eigenvalue weighted by molar-refractivity contribution is 9.10. The second-order valence-corrected chi connectivity index (χ2v) is 4.09. The minimum atomic E-state index is -1.36. The third kappa shape index (κ3) is 2.54. The summed E-state index contributed by atoms with van der Waals surface area (Å²) < 4.78 is 5.79. The molecule has 0 bridgehead atoms. The molecule has 0 aliphatic rings. The Morgan fingerprint density at radius 3 is 2.39 bits per heavy atom. The van der Waals surface area contributed by atoms with Crippen LogP contribution in [0.3, 0.4) is 0 Å². The zero-order valence-corrected chi connectivity index (χ0v) is 10.3. The van der Waals surface area contributed by atoms with Gasteiger partial charge in [0.1, 0.15) is 5.75 Å². The number of benzene rings is 1. The van der Waals surface area contributed by atoms with E-state index in [0.29, 0.717) is 0 Å². The van der Waals surface area contributed by atoms with Crippen LogP contribution in [-0.4, -0.2) is 32.5 Å². The molecular weight excluding hydrogens is 306 g/mol. The number of hydrogen-bond donors (Lipinski definition) is 2. The van der Waals surface area contributed by atoms with Crippen LogP contribution in [0.4, 0.5) is 0 Å². The molecule has 0 saturated heterocycles. The number of ether oxygens (including phenoxy) is 1. The number of carbonyl (C=O) groups is 2. The van der Waals surface area contributed by atoms with Crippen molar-refractivity contribution < 1.29 is 19.4 Å². The molecular formula is C10H6BrN3O4. The summed E-state index contributed by atoms with van der Waals surface area (Å²) in [6.07, 6.45) is 0. The highest BCUT2D eigenvalue weighted by Crippen LogP contribution is 2.17. The fourth-order valence-corrected chi connectivity index (χ4v) is 1.44. The smallest absolute Gasteiger partial charge is 0.366 e. The van der Waals surface area contributed by atoms with Crippen molar-refractivity contribution in [1.29, 1.82) is 0 Å². The molecule has 1 aromatic carbocycles. The molecule has 0 aliphatic carbocycles. The maximum atomic E-state index is 11.7. The normalized spacial score (nSPS) is 10.1. The number of carboxylic acid groups (broad SMARTS) is 1. The van der Waals surface area contributed by atoms with E-state index in [1.807, 2.05) is 0 Å². The molecule has 0 spiro atoms. The highest BCUT2D eigenvalue weighted by Gasteiger charge is 2.23. The Hall–Kier alpha value is -2.22. The largest absolute Gasteiger partial charge is 0.476 e. The van der Waals surface area contributed by atoms with Gasteiger partial charge in [0.15, 0.2) is 0 Å². The van der Waals surface area contributed by atoms with E-state index in [1.165, 1.54) is 0 Å². The van der Waals surface area contributed by atoms with Crippen LogP contribution in [0.2, 0.25) is 0 Å². The monoisotopic (exact) mass is 311 g/mol. The van der Waals surface area contributed by atoms with Crippen LogP contribution in [0, 0.1) is 0 Å². The molecule has 0 atom stereocenters. The van der Waals surface area contributed by atoms with Gasteiger partial charge in [-0.2, -0.15) is 5.21 Å². The number of aromatic amines is 1. The molecule has 0 aliphatic heterocycles. The van der Waals surface area contributed by atoms with E-state index in [9.17, 15) is 9.59 Å². The van der Waals surface area contributed by atoms with Gasteiger partial charge >= 0.3 is 11.9 Å².